The Morgan fingerprint density at radius 1 is 0.951 bits per heavy atom. The van der Waals surface area contributed by atoms with Gasteiger partial charge >= 0.3 is 18.2 Å². The molecule has 1 aromatic heterocycles. The van der Waals surface area contributed by atoms with Crippen molar-refractivity contribution in [2.45, 2.75) is 51.2 Å². The maximum Gasteiger partial charge on any atom is 0.416 e. The van der Waals surface area contributed by atoms with Gasteiger partial charge in [0.1, 0.15) is 5.69 Å². The van der Waals surface area contributed by atoms with Crippen molar-refractivity contribution in [1.82, 2.24) is 9.99 Å². The van der Waals surface area contributed by atoms with E-state index in [0.29, 0.717) is 22.8 Å². The molecule has 41 heavy (non-hydrogen) atoms. The highest BCUT2D eigenvalue weighted by Gasteiger charge is 2.31. The highest BCUT2D eigenvalue weighted by molar-refractivity contribution is 6.01. The van der Waals surface area contributed by atoms with Gasteiger partial charge in [0.25, 0.3) is 0 Å². The van der Waals surface area contributed by atoms with Crippen molar-refractivity contribution >= 4 is 34.3 Å². The van der Waals surface area contributed by atoms with Crippen molar-refractivity contribution in [1.29, 1.82) is 0 Å². The van der Waals surface area contributed by atoms with Gasteiger partial charge < -0.3 is 15.0 Å². The number of aromatic carboxylic acids is 1. The summed E-state index contributed by atoms with van der Waals surface area (Å²) in [5, 5.41) is 14.6. The largest absolute Gasteiger partial charge is 0.477 e. The minimum absolute atomic E-state index is 0.00652. The number of para-hydroxylation sites is 1. The van der Waals surface area contributed by atoms with Crippen LogP contribution >= 0.6 is 0 Å². The Balaban J connectivity index is 1.51. The second kappa shape index (κ2) is 11.7. The number of amides is 2. The Morgan fingerprint density at radius 3 is 2.39 bits per heavy atom. The summed E-state index contributed by atoms with van der Waals surface area (Å²) in [6, 6.07) is 19.5. The maximum atomic E-state index is 13.6. The zero-order valence-corrected chi connectivity index (χ0v) is 22.5. The van der Waals surface area contributed by atoms with Gasteiger partial charge in [-0.2, -0.15) is 13.2 Å². The molecular formula is C31H31F3N4O3. The maximum absolute atomic E-state index is 13.6. The first-order valence-electron chi connectivity index (χ1n) is 13.6. The quantitative estimate of drug-likeness (QED) is 0.200. The van der Waals surface area contributed by atoms with Gasteiger partial charge in [0, 0.05) is 22.8 Å². The summed E-state index contributed by atoms with van der Waals surface area (Å²) in [7, 11) is 0. The third-order valence-corrected chi connectivity index (χ3v) is 7.66. The predicted octanol–water partition coefficient (Wildman–Crippen LogP) is 7.86. The van der Waals surface area contributed by atoms with Gasteiger partial charge in [0.15, 0.2) is 0 Å². The Bertz CT molecular complexity index is 1560. The lowest BCUT2D eigenvalue weighted by molar-refractivity contribution is -0.137. The molecule has 10 heteroatoms. The highest BCUT2D eigenvalue weighted by Crippen LogP contribution is 2.32. The Morgan fingerprint density at radius 2 is 1.68 bits per heavy atom. The minimum Gasteiger partial charge on any atom is -0.477 e. The predicted molar refractivity (Wildman–Crippen MR) is 152 cm³/mol. The third-order valence-electron chi connectivity index (χ3n) is 7.66. The normalized spacial score (nSPS) is 17.4. The van der Waals surface area contributed by atoms with E-state index >= 15 is 0 Å². The summed E-state index contributed by atoms with van der Waals surface area (Å²) in [5.41, 5.74) is 4.13. The number of benzene rings is 3. The van der Waals surface area contributed by atoms with Crippen molar-refractivity contribution in [2.75, 3.05) is 10.3 Å². The first-order valence-corrected chi connectivity index (χ1v) is 13.6. The number of carboxylic acids is 1. The number of halogens is 3. The molecule has 1 aliphatic rings. The molecule has 1 heterocycles. The summed E-state index contributed by atoms with van der Waals surface area (Å²) in [5.74, 6) is -0.475. The van der Waals surface area contributed by atoms with Crippen LogP contribution < -0.4 is 15.8 Å². The molecule has 0 aliphatic heterocycles. The van der Waals surface area contributed by atoms with Crippen LogP contribution in [0.1, 0.15) is 55.1 Å². The van der Waals surface area contributed by atoms with Crippen LogP contribution in [0.4, 0.5) is 29.3 Å². The number of aromatic nitrogens is 1. The van der Waals surface area contributed by atoms with Gasteiger partial charge in [0.05, 0.1) is 16.8 Å². The highest BCUT2D eigenvalue weighted by atomic mass is 19.4. The minimum atomic E-state index is -4.55. The standard InChI is InChI=1S/C31H31F3N4O3/c1-2-20-13-15-23(16-14-20)36-38(30(41)35-24-9-5-8-22(18-24)31(32,33)34)26-11-6-10-25(19-26)37-27-12-4-3-7-21(27)17-28(37)29(39)40/h3-12,17-20,23,36H,2,13-16H2,1H3,(H,35,41)(H,39,40). The Hall–Kier alpha value is -4.31. The zero-order valence-electron chi connectivity index (χ0n) is 22.5. The Kier molecular flexibility index (Phi) is 8.03. The van der Waals surface area contributed by atoms with E-state index in [-0.39, 0.29) is 17.4 Å². The number of carboxylic acid groups (broad SMARTS) is 1. The fourth-order valence-electron chi connectivity index (χ4n) is 5.45. The van der Waals surface area contributed by atoms with E-state index in [0.717, 1.165) is 49.6 Å². The van der Waals surface area contributed by atoms with Crippen LogP contribution in [0.2, 0.25) is 0 Å². The molecule has 3 N–H and O–H groups in total. The van der Waals surface area contributed by atoms with E-state index in [9.17, 15) is 27.9 Å². The van der Waals surface area contributed by atoms with Gasteiger partial charge in [-0.3, -0.25) is 0 Å². The van der Waals surface area contributed by atoms with Crippen LogP contribution in [0.3, 0.4) is 0 Å². The van der Waals surface area contributed by atoms with Crippen LogP contribution in [-0.4, -0.2) is 27.7 Å². The second-order valence-electron chi connectivity index (χ2n) is 10.3. The van der Waals surface area contributed by atoms with Gasteiger partial charge in [0.2, 0.25) is 0 Å². The van der Waals surface area contributed by atoms with Gasteiger partial charge in [-0.25, -0.2) is 20.0 Å². The molecular weight excluding hydrogens is 533 g/mol. The van der Waals surface area contributed by atoms with E-state index in [4.69, 9.17) is 0 Å². The second-order valence-corrected chi connectivity index (χ2v) is 10.3. The molecule has 214 valence electrons. The summed E-state index contributed by atoms with van der Waals surface area (Å²) in [4.78, 5) is 25.7. The van der Waals surface area contributed by atoms with Crippen molar-refractivity contribution in [3.05, 3.63) is 90.1 Å². The lowest BCUT2D eigenvalue weighted by atomic mass is 9.85. The van der Waals surface area contributed by atoms with Crippen molar-refractivity contribution in [3.63, 3.8) is 0 Å². The first-order chi connectivity index (χ1) is 19.6. The number of urea groups is 1. The van der Waals surface area contributed by atoms with Crippen molar-refractivity contribution < 1.29 is 27.9 Å². The molecule has 3 aromatic carbocycles. The lowest BCUT2D eigenvalue weighted by Gasteiger charge is -2.34. The number of carbonyl (C=O) groups excluding carboxylic acids is 1. The molecule has 7 nitrogen and oxygen atoms in total. The van der Waals surface area contributed by atoms with E-state index in [2.05, 4.69) is 17.7 Å². The van der Waals surface area contributed by atoms with Crippen molar-refractivity contribution in [2.24, 2.45) is 5.92 Å². The van der Waals surface area contributed by atoms with Crippen LogP contribution in [0, 0.1) is 5.92 Å². The third kappa shape index (κ3) is 6.22. The summed E-state index contributed by atoms with van der Waals surface area (Å²) >= 11 is 0. The number of anilines is 2. The fourth-order valence-corrected chi connectivity index (χ4v) is 5.45. The number of fused-ring (bicyclic) bond motifs is 1. The van der Waals surface area contributed by atoms with E-state index in [1.54, 1.807) is 34.9 Å². The topological polar surface area (TPSA) is 86.6 Å². The van der Waals surface area contributed by atoms with Crippen LogP contribution in [0.5, 0.6) is 0 Å². The fraction of sp³-hybridized carbons (Fsp3) is 0.290. The molecule has 0 spiro atoms. The van der Waals surface area contributed by atoms with Gasteiger partial charge in [-0.15, -0.1) is 0 Å². The number of carbonyl (C=O) groups is 2. The zero-order chi connectivity index (χ0) is 29.1. The number of nitrogens with zero attached hydrogens (tertiary/aromatic N) is 2. The molecule has 0 unspecified atom stereocenters. The molecule has 1 saturated carbocycles. The van der Waals surface area contributed by atoms with Crippen LogP contribution in [0.15, 0.2) is 78.9 Å². The molecule has 0 saturated heterocycles. The molecule has 4 aromatic rings. The molecule has 0 bridgehead atoms. The lowest BCUT2D eigenvalue weighted by Crippen LogP contribution is -2.51. The average molecular weight is 565 g/mol. The van der Waals surface area contributed by atoms with E-state index in [1.807, 2.05) is 24.3 Å². The first kappa shape index (κ1) is 28.2. The van der Waals surface area contributed by atoms with Crippen LogP contribution in [-0.2, 0) is 6.18 Å². The number of hydrazine groups is 1. The summed E-state index contributed by atoms with van der Waals surface area (Å²) in [6.07, 6.45) is 0.245. The van der Waals surface area contributed by atoms with Gasteiger partial charge in [-0.1, -0.05) is 43.7 Å². The summed E-state index contributed by atoms with van der Waals surface area (Å²) < 4.78 is 41.5. The molecule has 5 rings (SSSR count). The van der Waals surface area contributed by atoms with Crippen LogP contribution in [0.25, 0.3) is 16.6 Å². The molecule has 0 atom stereocenters. The van der Waals surface area contributed by atoms with Gasteiger partial charge in [-0.05, 0) is 80.1 Å². The number of nitrogens with one attached hydrogen (secondary N) is 2. The van der Waals surface area contributed by atoms with E-state index in [1.165, 1.54) is 17.1 Å². The summed E-state index contributed by atoms with van der Waals surface area (Å²) in [6.45, 7) is 2.16. The monoisotopic (exact) mass is 564 g/mol. The number of alkyl halides is 3. The smallest absolute Gasteiger partial charge is 0.416 e. The number of hydrogen-bond acceptors (Lipinski definition) is 3. The molecule has 0 radical (unpaired) electrons. The molecule has 2 amide bonds. The Labute approximate surface area is 235 Å². The van der Waals surface area contributed by atoms with Crippen molar-refractivity contribution in [3.8, 4) is 5.69 Å². The number of rotatable bonds is 7. The van der Waals surface area contributed by atoms with E-state index < -0.39 is 23.7 Å². The molecule has 1 aliphatic carbocycles. The average Bonchev–Trinajstić information content (AvgIpc) is 3.36. The molecule has 1 fully saturated rings. The number of hydrogen-bond donors (Lipinski definition) is 3. The SMILES string of the molecule is CCC1CCC(NN(C(=O)Nc2cccc(C(F)(F)F)c2)c2cccc(-n3c(C(=O)O)cc4ccccc43)c2)CC1.